The van der Waals surface area contributed by atoms with E-state index in [0.717, 1.165) is 56.7 Å². The molecule has 1 unspecified atom stereocenters. The highest BCUT2D eigenvalue weighted by molar-refractivity contribution is 6.42. The van der Waals surface area contributed by atoms with Gasteiger partial charge in [-0.1, -0.05) is 35.3 Å². The van der Waals surface area contributed by atoms with Crippen molar-refractivity contribution in [2.75, 3.05) is 44.7 Å². The fourth-order valence-electron chi connectivity index (χ4n) is 5.36. The Labute approximate surface area is 199 Å². The molecule has 32 heavy (non-hydrogen) atoms. The van der Waals surface area contributed by atoms with Crippen molar-refractivity contribution in [2.24, 2.45) is 0 Å². The van der Waals surface area contributed by atoms with Gasteiger partial charge in [-0.15, -0.1) is 0 Å². The van der Waals surface area contributed by atoms with E-state index in [1.807, 2.05) is 25.2 Å². The highest BCUT2D eigenvalue weighted by Crippen LogP contribution is 2.48. The van der Waals surface area contributed by atoms with Crippen LogP contribution in [0.4, 0.5) is 10.1 Å². The van der Waals surface area contributed by atoms with Gasteiger partial charge in [0.25, 0.3) is 0 Å². The lowest BCUT2D eigenvalue weighted by atomic mass is 9.74. The molecule has 0 bridgehead atoms. The smallest absolute Gasteiger partial charge is 0.223 e. The highest BCUT2D eigenvalue weighted by Gasteiger charge is 2.47. The fraction of sp³-hybridized carbons (Fsp3) is 0.480. The number of likely N-dealkylation sites (N-methyl/N-ethyl adjacent to an activating group) is 1. The van der Waals surface area contributed by atoms with Gasteiger partial charge in [-0.25, -0.2) is 4.39 Å². The summed E-state index contributed by atoms with van der Waals surface area (Å²) in [6, 6.07) is 11.0. The van der Waals surface area contributed by atoms with Gasteiger partial charge in [0.2, 0.25) is 5.91 Å². The molecule has 2 aliphatic heterocycles. The average Bonchev–Trinajstić information content (AvgIpc) is 3.10. The molecule has 2 heterocycles. The quantitative estimate of drug-likeness (QED) is 0.618. The van der Waals surface area contributed by atoms with Crippen molar-refractivity contribution in [2.45, 2.75) is 37.5 Å². The zero-order valence-electron chi connectivity index (χ0n) is 18.6. The van der Waals surface area contributed by atoms with Gasteiger partial charge in [0, 0.05) is 31.0 Å². The number of anilines is 1. The zero-order chi connectivity index (χ0) is 22.9. The van der Waals surface area contributed by atoms with Crippen molar-refractivity contribution in [3.63, 3.8) is 0 Å². The zero-order valence-corrected chi connectivity index (χ0v) is 20.1. The summed E-state index contributed by atoms with van der Waals surface area (Å²) >= 11 is 12.3. The molecular formula is C25H30Cl2FN3O. The van der Waals surface area contributed by atoms with Gasteiger partial charge in [0.1, 0.15) is 5.82 Å². The maximum atomic E-state index is 14.9. The number of nitrogens with one attached hydrogen (secondary N) is 1. The van der Waals surface area contributed by atoms with Gasteiger partial charge >= 0.3 is 0 Å². The number of piperidine rings is 1. The second kappa shape index (κ2) is 9.68. The average molecular weight is 478 g/mol. The molecule has 0 radical (unpaired) electrons. The summed E-state index contributed by atoms with van der Waals surface area (Å²) in [4.78, 5) is 16.4. The lowest BCUT2D eigenvalue weighted by molar-refractivity contribution is -0.116. The van der Waals surface area contributed by atoms with E-state index in [4.69, 9.17) is 23.2 Å². The highest BCUT2D eigenvalue weighted by atomic mass is 35.5. The van der Waals surface area contributed by atoms with Crippen LogP contribution in [-0.2, 0) is 10.2 Å². The molecule has 1 amide bonds. The van der Waals surface area contributed by atoms with Crippen LogP contribution in [-0.4, -0.2) is 50.6 Å². The van der Waals surface area contributed by atoms with Gasteiger partial charge < -0.3 is 15.1 Å². The number of halogens is 3. The number of likely N-dealkylation sites (tertiary alicyclic amines) is 1. The number of carbonyl (C=O) groups is 1. The van der Waals surface area contributed by atoms with Crippen LogP contribution in [0.25, 0.3) is 0 Å². The van der Waals surface area contributed by atoms with Crippen LogP contribution in [0.5, 0.6) is 0 Å². The Morgan fingerprint density at radius 1 is 1.19 bits per heavy atom. The standard InChI is InChI=1S/C25H30Cl2FN3O/c1-17(32)31-16-25(24-22(28)4-3-5-23(24)31)9-12-30(13-10-25)11-8-19(15-29-2)18-6-7-20(26)21(27)14-18/h3-7,14,19,29H,8-13,15-16H2,1-2H3. The van der Waals surface area contributed by atoms with Crippen molar-refractivity contribution in [3.05, 3.63) is 63.4 Å². The summed E-state index contributed by atoms with van der Waals surface area (Å²) in [5.74, 6) is 0.129. The topological polar surface area (TPSA) is 35.6 Å². The molecule has 2 aromatic rings. The van der Waals surface area contributed by atoms with Crippen LogP contribution < -0.4 is 10.2 Å². The molecule has 0 aromatic heterocycles. The van der Waals surface area contributed by atoms with E-state index in [-0.39, 0.29) is 17.1 Å². The molecular weight excluding hydrogens is 448 g/mol. The second-order valence-electron chi connectivity index (χ2n) is 9.08. The molecule has 2 aliphatic rings. The molecule has 2 aromatic carbocycles. The predicted octanol–water partition coefficient (Wildman–Crippen LogP) is 5.23. The summed E-state index contributed by atoms with van der Waals surface area (Å²) in [5.41, 5.74) is 2.39. The second-order valence-corrected chi connectivity index (χ2v) is 9.89. The van der Waals surface area contributed by atoms with Gasteiger partial charge in [-0.2, -0.15) is 0 Å². The van der Waals surface area contributed by atoms with Gasteiger partial charge in [-0.3, -0.25) is 4.79 Å². The molecule has 1 spiro atoms. The molecule has 1 N–H and O–H groups in total. The molecule has 7 heteroatoms. The van der Waals surface area contributed by atoms with E-state index in [9.17, 15) is 9.18 Å². The van der Waals surface area contributed by atoms with Crippen LogP contribution in [0.1, 0.15) is 43.2 Å². The number of nitrogens with zero attached hydrogens (tertiary/aromatic N) is 2. The van der Waals surface area contributed by atoms with Gasteiger partial charge in [0.15, 0.2) is 0 Å². The summed E-state index contributed by atoms with van der Waals surface area (Å²) in [6.07, 6.45) is 2.71. The molecule has 0 saturated carbocycles. The molecule has 1 saturated heterocycles. The minimum Gasteiger partial charge on any atom is -0.319 e. The summed E-state index contributed by atoms with van der Waals surface area (Å²) in [5, 5.41) is 4.44. The van der Waals surface area contributed by atoms with Crippen molar-refractivity contribution in [1.29, 1.82) is 0 Å². The minimum absolute atomic E-state index is 0.0207. The van der Waals surface area contributed by atoms with Crippen LogP contribution in [0, 0.1) is 5.82 Å². The van der Waals surface area contributed by atoms with Crippen LogP contribution in [0.2, 0.25) is 10.0 Å². The minimum atomic E-state index is -0.281. The van der Waals surface area contributed by atoms with E-state index < -0.39 is 0 Å². The summed E-state index contributed by atoms with van der Waals surface area (Å²) in [6.45, 7) is 5.76. The summed E-state index contributed by atoms with van der Waals surface area (Å²) < 4.78 is 14.9. The van der Waals surface area contributed by atoms with Crippen molar-refractivity contribution in [1.82, 2.24) is 10.2 Å². The number of carbonyl (C=O) groups excluding carboxylic acids is 1. The number of hydrogen-bond donors (Lipinski definition) is 1. The first-order valence-corrected chi connectivity index (χ1v) is 12.0. The number of amides is 1. The Morgan fingerprint density at radius 2 is 1.94 bits per heavy atom. The van der Waals surface area contributed by atoms with E-state index in [1.54, 1.807) is 17.9 Å². The Morgan fingerprint density at radius 3 is 2.59 bits per heavy atom. The molecule has 4 nitrogen and oxygen atoms in total. The van der Waals surface area contributed by atoms with Crippen LogP contribution in [0.15, 0.2) is 36.4 Å². The van der Waals surface area contributed by atoms with E-state index in [1.165, 1.54) is 11.6 Å². The first-order chi connectivity index (χ1) is 15.3. The molecule has 4 rings (SSSR count). The van der Waals surface area contributed by atoms with Gasteiger partial charge in [0.05, 0.1) is 15.7 Å². The summed E-state index contributed by atoms with van der Waals surface area (Å²) in [7, 11) is 1.96. The van der Waals surface area contributed by atoms with Crippen LogP contribution >= 0.6 is 23.2 Å². The normalized spacial score (nSPS) is 18.7. The molecule has 1 fully saturated rings. The Kier molecular flexibility index (Phi) is 7.11. The molecule has 0 aliphatic carbocycles. The third kappa shape index (κ3) is 4.54. The largest absolute Gasteiger partial charge is 0.319 e. The third-order valence-corrected chi connectivity index (χ3v) is 7.87. The Bertz CT molecular complexity index is 991. The Hall–Kier alpha value is -1.66. The van der Waals surface area contributed by atoms with Crippen molar-refractivity contribution >= 4 is 34.8 Å². The fourth-order valence-corrected chi connectivity index (χ4v) is 5.67. The third-order valence-electron chi connectivity index (χ3n) is 7.13. The van der Waals surface area contributed by atoms with E-state index >= 15 is 0 Å². The SMILES string of the molecule is CNCC(CCN1CCC2(CC1)CN(C(C)=O)c1cccc(F)c12)c1ccc(Cl)c(Cl)c1. The van der Waals surface area contributed by atoms with E-state index in [2.05, 4.69) is 16.3 Å². The molecule has 172 valence electrons. The Balaban J connectivity index is 1.43. The van der Waals surface area contributed by atoms with Crippen LogP contribution in [0.3, 0.4) is 0 Å². The first kappa shape index (κ1) is 23.5. The molecule has 1 atom stereocenters. The van der Waals surface area contributed by atoms with Crippen molar-refractivity contribution < 1.29 is 9.18 Å². The first-order valence-electron chi connectivity index (χ1n) is 11.2. The maximum Gasteiger partial charge on any atom is 0.223 e. The monoisotopic (exact) mass is 477 g/mol. The maximum absolute atomic E-state index is 14.9. The number of rotatable bonds is 6. The number of fused-ring (bicyclic) bond motifs is 2. The number of hydrogen-bond acceptors (Lipinski definition) is 3. The van der Waals surface area contributed by atoms with Crippen molar-refractivity contribution in [3.8, 4) is 0 Å². The van der Waals surface area contributed by atoms with E-state index in [0.29, 0.717) is 22.5 Å². The number of benzene rings is 2. The predicted molar refractivity (Wildman–Crippen MR) is 130 cm³/mol. The lowest BCUT2D eigenvalue weighted by Crippen LogP contribution is -2.46. The van der Waals surface area contributed by atoms with Gasteiger partial charge in [-0.05, 0) is 81.7 Å². The lowest BCUT2D eigenvalue weighted by Gasteiger charge is -2.40.